The van der Waals surface area contributed by atoms with Gasteiger partial charge in [0.15, 0.2) is 17.9 Å². The molecule has 0 amide bonds. The molecule has 2 aliphatic carbocycles. The van der Waals surface area contributed by atoms with Gasteiger partial charge in [-0.3, -0.25) is 0 Å². The maximum atomic E-state index is 15.0. The smallest absolute Gasteiger partial charge is 0.399 e. The van der Waals surface area contributed by atoms with Crippen molar-refractivity contribution in [2.24, 2.45) is 29.6 Å². The van der Waals surface area contributed by atoms with Crippen molar-refractivity contribution >= 4 is 0 Å². The summed E-state index contributed by atoms with van der Waals surface area (Å²) in [6.45, 7) is 3.49. The zero-order valence-corrected chi connectivity index (χ0v) is 21.7. The molecule has 1 heterocycles. The summed E-state index contributed by atoms with van der Waals surface area (Å²) in [5.74, 6) is -7.43. The molecule has 1 aromatic carbocycles. The zero-order chi connectivity index (χ0) is 27.5. The van der Waals surface area contributed by atoms with E-state index >= 15 is 8.78 Å². The van der Waals surface area contributed by atoms with E-state index in [9.17, 15) is 22.0 Å². The van der Waals surface area contributed by atoms with Crippen LogP contribution >= 0.6 is 0 Å². The van der Waals surface area contributed by atoms with E-state index in [0.29, 0.717) is 50.0 Å². The van der Waals surface area contributed by atoms with Crippen LogP contribution in [0.15, 0.2) is 12.1 Å². The van der Waals surface area contributed by atoms with Gasteiger partial charge in [-0.15, -0.1) is 13.2 Å². The minimum absolute atomic E-state index is 0.0111. The standard InChI is InChI=1S/C28H37F7O3/c1-2-3-17-4-6-19(7-5-17)21-15-36-26(37-16-21)20-8-10-22(11-9-20)27(31,32)14-18-12-23(29)25(24(30)13-18)38-28(33,34)35/h12-13,17,19-22,26H,2-11,14-16H2,1H3. The summed E-state index contributed by atoms with van der Waals surface area (Å²) in [5.41, 5.74) is -0.421. The second-order valence-corrected chi connectivity index (χ2v) is 11.4. The van der Waals surface area contributed by atoms with Crippen molar-refractivity contribution < 1.29 is 44.9 Å². The fraction of sp³-hybridized carbons (Fsp3) is 0.786. The molecule has 0 aromatic heterocycles. The Morgan fingerprint density at radius 1 is 0.789 bits per heavy atom. The minimum Gasteiger partial charge on any atom is -0.399 e. The third-order valence-electron chi connectivity index (χ3n) is 8.67. The summed E-state index contributed by atoms with van der Waals surface area (Å²) < 4.78 is 110. The highest BCUT2D eigenvalue weighted by molar-refractivity contribution is 5.32. The van der Waals surface area contributed by atoms with Crippen LogP contribution in [0.4, 0.5) is 30.7 Å². The molecule has 0 unspecified atom stereocenters. The molecule has 0 spiro atoms. The van der Waals surface area contributed by atoms with E-state index in [-0.39, 0.29) is 18.8 Å². The maximum Gasteiger partial charge on any atom is 0.573 e. The highest BCUT2D eigenvalue weighted by Crippen LogP contribution is 2.44. The van der Waals surface area contributed by atoms with E-state index in [4.69, 9.17) is 9.47 Å². The van der Waals surface area contributed by atoms with Gasteiger partial charge < -0.3 is 14.2 Å². The first kappa shape index (κ1) is 29.4. The van der Waals surface area contributed by atoms with E-state index in [1.807, 2.05) is 0 Å². The Morgan fingerprint density at radius 3 is 1.87 bits per heavy atom. The van der Waals surface area contributed by atoms with Gasteiger partial charge in [-0.2, -0.15) is 0 Å². The summed E-state index contributed by atoms with van der Waals surface area (Å²) in [6.07, 6.45) is 2.17. The van der Waals surface area contributed by atoms with Crippen molar-refractivity contribution in [2.45, 2.75) is 96.1 Å². The molecule has 4 rings (SSSR count). The largest absolute Gasteiger partial charge is 0.573 e. The number of benzene rings is 1. The van der Waals surface area contributed by atoms with Crippen LogP contribution in [0.2, 0.25) is 0 Å². The van der Waals surface area contributed by atoms with Gasteiger partial charge in [0.05, 0.1) is 13.2 Å². The number of rotatable bonds is 8. The van der Waals surface area contributed by atoms with Crippen LogP contribution in [0.5, 0.6) is 5.75 Å². The molecule has 1 aromatic rings. The lowest BCUT2D eigenvalue weighted by atomic mass is 9.74. The molecule has 1 aliphatic heterocycles. The highest BCUT2D eigenvalue weighted by Gasteiger charge is 2.44. The van der Waals surface area contributed by atoms with Gasteiger partial charge in [0.2, 0.25) is 5.75 Å². The molecule has 3 fully saturated rings. The van der Waals surface area contributed by atoms with Crippen molar-refractivity contribution in [1.29, 1.82) is 0 Å². The topological polar surface area (TPSA) is 27.7 Å². The van der Waals surface area contributed by atoms with Crippen molar-refractivity contribution in [3.63, 3.8) is 0 Å². The first-order valence-electron chi connectivity index (χ1n) is 13.8. The molecule has 3 nitrogen and oxygen atoms in total. The van der Waals surface area contributed by atoms with Crippen LogP contribution < -0.4 is 4.74 Å². The third kappa shape index (κ3) is 7.55. The van der Waals surface area contributed by atoms with Gasteiger partial charge in [0.25, 0.3) is 5.92 Å². The number of ether oxygens (including phenoxy) is 3. The second kappa shape index (κ2) is 12.3. The van der Waals surface area contributed by atoms with Gasteiger partial charge in [-0.1, -0.05) is 32.6 Å². The lowest BCUT2D eigenvalue weighted by molar-refractivity contribution is -0.276. The van der Waals surface area contributed by atoms with Crippen LogP contribution in [0.1, 0.15) is 76.7 Å². The van der Waals surface area contributed by atoms with Crippen LogP contribution in [0, 0.1) is 41.2 Å². The van der Waals surface area contributed by atoms with E-state index in [2.05, 4.69) is 11.7 Å². The zero-order valence-electron chi connectivity index (χ0n) is 21.7. The molecular weight excluding hydrogens is 517 g/mol. The summed E-state index contributed by atoms with van der Waals surface area (Å²) >= 11 is 0. The Kier molecular flexibility index (Phi) is 9.54. The van der Waals surface area contributed by atoms with Crippen molar-refractivity contribution in [2.75, 3.05) is 13.2 Å². The molecule has 0 atom stereocenters. The Morgan fingerprint density at radius 2 is 1.34 bits per heavy atom. The van der Waals surface area contributed by atoms with Crippen LogP contribution in [-0.4, -0.2) is 31.8 Å². The molecule has 38 heavy (non-hydrogen) atoms. The predicted molar refractivity (Wildman–Crippen MR) is 127 cm³/mol. The molecule has 0 bridgehead atoms. The van der Waals surface area contributed by atoms with Crippen LogP contribution in [-0.2, 0) is 15.9 Å². The van der Waals surface area contributed by atoms with Gasteiger partial charge in [-0.25, -0.2) is 17.6 Å². The fourth-order valence-corrected chi connectivity index (χ4v) is 6.59. The Labute approximate surface area is 219 Å². The van der Waals surface area contributed by atoms with E-state index in [1.165, 1.54) is 38.5 Å². The molecule has 3 aliphatic rings. The van der Waals surface area contributed by atoms with E-state index in [0.717, 1.165) is 5.92 Å². The Balaban J connectivity index is 1.24. The normalized spacial score (nSPS) is 31.3. The monoisotopic (exact) mass is 554 g/mol. The first-order valence-corrected chi connectivity index (χ1v) is 13.8. The molecule has 1 saturated heterocycles. The van der Waals surface area contributed by atoms with Gasteiger partial charge in [0.1, 0.15) is 0 Å². The van der Waals surface area contributed by atoms with E-state index < -0.39 is 53.9 Å². The molecular formula is C28H37F7O3. The summed E-state index contributed by atoms with van der Waals surface area (Å²) in [5, 5.41) is 0. The average Bonchev–Trinajstić information content (AvgIpc) is 2.86. The molecule has 0 N–H and O–H groups in total. The minimum atomic E-state index is -5.30. The summed E-state index contributed by atoms with van der Waals surface area (Å²) in [7, 11) is 0. The molecule has 216 valence electrons. The maximum absolute atomic E-state index is 15.0. The fourth-order valence-electron chi connectivity index (χ4n) is 6.59. The Bertz CT molecular complexity index is 875. The quantitative estimate of drug-likeness (QED) is 0.302. The second-order valence-electron chi connectivity index (χ2n) is 11.4. The van der Waals surface area contributed by atoms with Crippen molar-refractivity contribution in [1.82, 2.24) is 0 Å². The van der Waals surface area contributed by atoms with Crippen LogP contribution in [0.3, 0.4) is 0 Å². The van der Waals surface area contributed by atoms with Crippen LogP contribution in [0.25, 0.3) is 0 Å². The number of alkyl halides is 5. The number of hydrogen-bond acceptors (Lipinski definition) is 3. The van der Waals surface area contributed by atoms with Gasteiger partial charge in [0, 0.05) is 24.2 Å². The molecule has 0 radical (unpaired) electrons. The molecule has 2 saturated carbocycles. The molecule has 10 heteroatoms. The third-order valence-corrected chi connectivity index (χ3v) is 8.67. The van der Waals surface area contributed by atoms with Gasteiger partial charge in [-0.05, 0) is 68.1 Å². The predicted octanol–water partition coefficient (Wildman–Crippen LogP) is 8.44. The highest BCUT2D eigenvalue weighted by atomic mass is 19.4. The van der Waals surface area contributed by atoms with Gasteiger partial charge >= 0.3 is 6.36 Å². The summed E-state index contributed by atoms with van der Waals surface area (Å²) in [6, 6.07) is 0.945. The first-order chi connectivity index (χ1) is 17.9. The number of hydrogen-bond donors (Lipinski definition) is 0. The summed E-state index contributed by atoms with van der Waals surface area (Å²) in [4.78, 5) is 0. The number of halogens is 7. The lowest BCUT2D eigenvalue weighted by Gasteiger charge is -2.42. The Hall–Kier alpha value is -1.55. The van der Waals surface area contributed by atoms with Crippen molar-refractivity contribution in [3.8, 4) is 5.75 Å². The van der Waals surface area contributed by atoms with Crippen molar-refractivity contribution in [3.05, 3.63) is 29.3 Å². The van der Waals surface area contributed by atoms with E-state index in [1.54, 1.807) is 0 Å². The average molecular weight is 555 g/mol. The lowest BCUT2D eigenvalue weighted by Crippen LogP contribution is -2.43. The SMILES string of the molecule is CCCC1CCC(C2COC(C3CCC(C(F)(F)Cc4cc(F)c(OC(F)(F)F)c(F)c4)CC3)OC2)CC1.